The van der Waals surface area contributed by atoms with Crippen molar-refractivity contribution >= 4 is 28.2 Å². The SMILES string of the molecule is [Si]B1N(c2ccc(-c3c(-c4ccccc4)cccc3-c3ccccc3)cn2)[C@@H](c2ccccc2)[C@H](c2ccccc2)N1c1ccccc1C12CC3CC(CC(C3)C1)C2. The van der Waals surface area contributed by atoms with Gasteiger partial charge in [-0.1, -0.05) is 158 Å². The quantitative estimate of drug-likeness (QED) is 0.144. The van der Waals surface area contributed by atoms with Crippen LogP contribution in [0, 0.1) is 17.8 Å². The van der Waals surface area contributed by atoms with Gasteiger partial charge in [0.05, 0.1) is 12.1 Å². The van der Waals surface area contributed by atoms with Crippen LogP contribution in [0.1, 0.15) is 67.3 Å². The number of anilines is 2. The Balaban J connectivity index is 1.06. The highest BCUT2D eigenvalue weighted by atomic mass is 28.1. The lowest BCUT2D eigenvalue weighted by atomic mass is 9.48. The second-order valence-electron chi connectivity index (χ2n) is 17.5. The molecule has 7 aromatic rings. The number of pyridine rings is 1. The summed E-state index contributed by atoms with van der Waals surface area (Å²) in [5.41, 5.74) is 12.9. The van der Waals surface area contributed by atoms with Gasteiger partial charge < -0.3 is 9.62 Å². The molecule has 4 bridgehead atoms. The molecule has 2 atom stereocenters. The van der Waals surface area contributed by atoms with Crippen LogP contribution in [0.2, 0.25) is 0 Å². The van der Waals surface area contributed by atoms with Crippen LogP contribution < -0.4 is 9.62 Å². The molecule has 0 unspecified atom stereocenters. The van der Waals surface area contributed by atoms with Crippen LogP contribution in [-0.4, -0.2) is 21.7 Å². The molecule has 6 aromatic carbocycles. The minimum atomic E-state index is -0.152. The van der Waals surface area contributed by atoms with Crippen LogP contribution >= 0.6 is 0 Å². The number of rotatable bonds is 8. The summed E-state index contributed by atoms with van der Waals surface area (Å²) >= 11 is 0. The Labute approximate surface area is 347 Å². The molecule has 4 aliphatic carbocycles. The van der Waals surface area contributed by atoms with Gasteiger partial charge in [-0.2, -0.15) is 0 Å². The van der Waals surface area contributed by atoms with Gasteiger partial charge in [0, 0.05) is 27.6 Å². The molecule has 5 heteroatoms. The van der Waals surface area contributed by atoms with Gasteiger partial charge in [0.1, 0.15) is 5.82 Å². The molecule has 0 N–H and O–H groups in total. The highest BCUT2D eigenvalue weighted by Gasteiger charge is 2.55. The average Bonchev–Trinajstić information content (AvgIpc) is 3.59. The van der Waals surface area contributed by atoms with Crippen LogP contribution in [0.3, 0.4) is 0 Å². The molecule has 4 saturated carbocycles. The van der Waals surface area contributed by atoms with Crippen LogP contribution in [0.15, 0.2) is 182 Å². The van der Waals surface area contributed by atoms with Gasteiger partial charge in [0.15, 0.2) is 0 Å². The van der Waals surface area contributed by atoms with Crippen molar-refractivity contribution in [1.29, 1.82) is 0 Å². The lowest BCUT2D eigenvalue weighted by Crippen LogP contribution is -2.50. The maximum atomic E-state index is 5.43. The Morgan fingerprint density at radius 2 is 0.966 bits per heavy atom. The highest BCUT2D eigenvalue weighted by molar-refractivity contribution is 7.08. The summed E-state index contributed by atoms with van der Waals surface area (Å²) in [5, 5.41) is 0. The van der Waals surface area contributed by atoms with Crippen molar-refractivity contribution in [3.8, 4) is 33.4 Å². The second kappa shape index (κ2) is 14.6. The van der Waals surface area contributed by atoms with E-state index in [0.29, 0.717) is 0 Å². The second-order valence-corrected chi connectivity index (χ2v) is 18.0. The minimum Gasteiger partial charge on any atom is -0.390 e. The number of aromatic nitrogens is 1. The van der Waals surface area contributed by atoms with Gasteiger partial charge in [0.25, 0.3) is 0 Å². The average molecular weight is 765 g/mol. The zero-order valence-corrected chi connectivity index (χ0v) is 33.9. The van der Waals surface area contributed by atoms with Gasteiger partial charge in [-0.3, -0.25) is 0 Å². The molecule has 1 aromatic heterocycles. The van der Waals surface area contributed by atoms with Crippen LogP contribution in [0.25, 0.3) is 33.4 Å². The summed E-state index contributed by atoms with van der Waals surface area (Å²) in [7, 11) is 4.50. The lowest BCUT2D eigenvalue weighted by Gasteiger charge is -2.57. The molecule has 5 fully saturated rings. The van der Waals surface area contributed by atoms with Gasteiger partial charge in [-0.05, 0) is 124 Å². The monoisotopic (exact) mass is 764 g/mol. The topological polar surface area (TPSA) is 19.4 Å². The molecule has 58 heavy (non-hydrogen) atoms. The standard InChI is InChI=1S/C53H47BN3Si/c58-54-56(48-27-14-13-26-47(48)53-33-37-30-38(34-53)32-39(31-37)35-53)51(42-20-9-3-10-21-42)52(43-22-11-4-12-23-43)57(54)49-29-28-44(36-55-49)50-45(40-16-5-1-6-17-40)24-15-25-46(50)41-18-7-2-8-19-41/h1-29,36-39,51-52H,30-35H2/t37?,38?,39?,51-,52-,53?/m0/s1. The van der Waals surface area contributed by atoms with E-state index in [1.807, 2.05) is 0 Å². The van der Waals surface area contributed by atoms with E-state index < -0.39 is 0 Å². The molecular formula is C53H47BN3Si. The van der Waals surface area contributed by atoms with E-state index >= 15 is 0 Å². The van der Waals surface area contributed by atoms with Gasteiger partial charge in [0.2, 0.25) is 0 Å². The van der Waals surface area contributed by atoms with Crippen molar-refractivity contribution in [3.05, 3.63) is 199 Å². The number of para-hydroxylation sites is 1. The van der Waals surface area contributed by atoms with E-state index in [1.165, 1.54) is 83.2 Å². The van der Waals surface area contributed by atoms with Gasteiger partial charge >= 0.3 is 6.57 Å². The van der Waals surface area contributed by atoms with Gasteiger partial charge in [-0.25, -0.2) is 4.98 Å². The third-order valence-electron chi connectivity index (χ3n) is 14.0. The third kappa shape index (κ3) is 6.05. The van der Waals surface area contributed by atoms with Crippen molar-refractivity contribution in [1.82, 2.24) is 4.98 Å². The molecule has 281 valence electrons. The number of hydrogen-bond donors (Lipinski definition) is 0. The maximum absolute atomic E-state index is 5.43. The fourth-order valence-electron chi connectivity index (χ4n) is 12.1. The zero-order chi connectivity index (χ0) is 38.6. The first-order chi connectivity index (χ1) is 28.6. The molecule has 5 aliphatic rings. The molecule has 3 nitrogen and oxygen atoms in total. The highest BCUT2D eigenvalue weighted by Crippen LogP contribution is 2.63. The van der Waals surface area contributed by atoms with E-state index in [0.717, 1.165) is 29.1 Å². The summed E-state index contributed by atoms with van der Waals surface area (Å²) in [6, 6.07) is 64.5. The van der Waals surface area contributed by atoms with E-state index in [1.54, 1.807) is 5.56 Å². The van der Waals surface area contributed by atoms with E-state index in [9.17, 15) is 0 Å². The lowest BCUT2D eigenvalue weighted by molar-refractivity contribution is -0.00494. The largest absolute Gasteiger partial charge is 0.390 e. The number of benzene rings is 6. The van der Waals surface area contributed by atoms with Crippen LogP contribution in [-0.2, 0) is 5.41 Å². The fraction of sp³-hybridized carbons (Fsp3) is 0.226. The van der Waals surface area contributed by atoms with E-state index in [2.05, 4.69) is 202 Å². The summed E-state index contributed by atoms with van der Waals surface area (Å²) in [5.74, 6) is 3.56. The van der Waals surface area contributed by atoms with Crippen molar-refractivity contribution in [2.24, 2.45) is 17.8 Å². The molecular weight excluding hydrogens is 718 g/mol. The number of hydrogen-bond acceptors (Lipinski definition) is 3. The summed E-state index contributed by atoms with van der Waals surface area (Å²) in [6.45, 7) is -0.152. The van der Waals surface area contributed by atoms with Crippen molar-refractivity contribution in [2.75, 3.05) is 9.62 Å². The Hall–Kier alpha value is -5.65. The predicted octanol–water partition coefficient (Wildman–Crippen LogP) is 12.5. The summed E-state index contributed by atoms with van der Waals surface area (Å²) in [6.07, 6.45) is 10.4. The molecule has 1 aliphatic heterocycles. The Morgan fingerprint density at radius 1 is 0.483 bits per heavy atom. The fourth-order valence-corrected chi connectivity index (χ4v) is 12.7. The molecule has 0 spiro atoms. The minimum absolute atomic E-state index is 0.00893. The first-order valence-corrected chi connectivity index (χ1v) is 21.9. The van der Waals surface area contributed by atoms with Crippen LogP contribution in [0.5, 0.6) is 0 Å². The molecule has 0 amide bonds. The Bertz CT molecular complexity index is 2440. The smallest absolute Gasteiger partial charge is 0.347 e. The van der Waals surface area contributed by atoms with Gasteiger partial charge in [-0.15, -0.1) is 0 Å². The van der Waals surface area contributed by atoms with Crippen molar-refractivity contribution in [2.45, 2.75) is 56.0 Å². The van der Waals surface area contributed by atoms with E-state index in [4.69, 9.17) is 4.98 Å². The van der Waals surface area contributed by atoms with E-state index in [-0.39, 0.29) is 24.1 Å². The first-order valence-electron chi connectivity index (χ1n) is 21.3. The first kappa shape index (κ1) is 35.5. The maximum Gasteiger partial charge on any atom is 0.347 e. The Morgan fingerprint density at radius 3 is 1.48 bits per heavy atom. The Kier molecular flexibility index (Phi) is 8.95. The molecule has 1 saturated heterocycles. The van der Waals surface area contributed by atoms with Crippen LogP contribution in [0.4, 0.5) is 11.5 Å². The summed E-state index contributed by atoms with van der Waals surface area (Å²) < 4.78 is 0. The van der Waals surface area contributed by atoms with Crippen molar-refractivity contribution < 1.29 is 0 Å². The number of nitrogens with zero attached hydrogens (tertiary/aromatic N) is 3. The molecule has 3 radical (unpaired) electrons. The molecule has 2 heterocycles. The normalized spacial score (nSPS) is 24.7. The zero-order valence-electron chi connectivity index (χ0n) is 32.9. The van der Waals surface area contributed by atoms with Crippen molar-refractivity contribution in [3.63, 3.8) is 0 Å². The third-order valence-corrected chi connectivity index (χ3v) is 14.6. The summed E-state index contributed by atoms with van der Waals surface area (Å²) in [4.78, 5) is 10.7. The molecule has 12 rings (SSSR count). The predicted molar refractivity (Wildman–Crippen MR) is 242 cm³/mol.